The molecule has 7 nitrogen and oxygen atoms in total. The van der Waals surface area contributed by atoms with E-state index in [9.17, 15) is 19.5 Å². The van der Waals surface area contributed by atoms with Gasteiger partial charge in [-0.1, -0.05) is 0 Å². The summed E-state index contributed by atoms with van der Waals surface area (Å²) in [6, 6.07) is -0.255. The van der Waals surface area contributed by atoms with Crippen molar-refractivity contribution in [2.24, 2.45) is 5.41 Å². The number of likely N-dealkylation sites (tertiary alicyclic amines) is 1. The van der Waals surface area contributed by atoms with Gasteiger partial charge in [-0.3, -0.25) is 9.59 Å². The summed E-state index contributed by atoms with van der Waals surface area (Å²) in [6.07, 6.45) is 0.434. The van der Waals surface area contributed by atoms with Crippen molar-refractivity contribution in [1.29, 1.82) is 0 Å². The van der Waals surface area contributed by atoms with Crippen molar-refractivity contribution >= 4 is 17.9 Å². The van der Waals surface area contributed by atoms with Crippen molar-refractivity contribution < 1.29 is 19.5 Å². The zero-order chi connectivity index (χ0) is 16.2. The van der Waals surface area contributed by atoms with Gasteiger partial charge in [-0.05, 0) is 34.1 Å². The number of hydrogen-bond acceptors (Lipinski definition) is 3. The third kappa shape index (κ3) is 4.34. The minimum absolute atomic E-state index is 0.00615. The Morgan fingerprint density at radius 3 is 2.43 bits per heavy atom. The number of urea groups is 1. The van der Waals surface area contributed by atoms with E-state index >= 15 is 0 Å². The molecule has 1 rings (SSSR count). The van der Waals surface area contributed by atoms with Crippen LogP contribution in [0.5, 0.6) is 0 Å². The SMILES string of the molecule is CCN(CC(=O)NC(C)C)C(=O)N1CCC(C)(C(=O)O)C1. The molecule has 0 radical (unpaired) electrons. The zero-order valence-electron chi connectivity index (χ0n) is 13.2. The van der Waals surface area contributed by atoms with Crippen molar-refractivity contribution in [2.45, 2.75) is 40.2 Å². The summed E-state index contributed by atoms with van der Waals surface area (Å²) in [6.45, 7) is 8.15. The molecule has 21 heavy (non-hydrogen) atoms. The van der Waals surface area contributed by atoms with Crippen LogP contribution >= 0.6 is 0 Å². The largest absolute Gasteiger partial charge is 0.481 e. The molecule has 3 amide bonds. The van der Waals surface area contributed by atoms with Crippen LogP contribution < -0.4 is 5.32 Å². The molecule has 1 heterocycles. The van der Waals surface area contributed by atoms with Gasteiger partial charge < -0.3 is 20.2 Å². The van der Waals surface area contributed by atoms with E-state index in [2.05, 4.69) is 5.32 Å². The first-order valence-corrected chi connectivity index (χ1v) is 7.26. The van der Waals surface area contributed by atoms with Gasteiger partial charge in [0.1, 0.15) is 6.54 Å². The number of nitrogens with zero attached hydrogens (tertiary/aromatic N) is 2. The second-order valence-electron chi connectivity index (χ2n) is 6.06. The quantitative estimate of drug-likeness (QED) is 0.784. The molecule has 2 N–H and O–H groups in total. The van der Waals surface area contributed by atoms with Crippen LogP contribution in [0.15, 0.2) is 0 Å². The number of carbonyl (C=O) groups is 3. The minimum atomic E-state index is -0.894. The van der Waals surface area contributed by atoms with Crippen LogP contribution in [-0.2, 0) is 9.59 Å². The molecule has 0 aromatic rings. The Morgan fingerprint density at radius 1 is 1.38 bits per heavy atom. The van der Waals surface area contributed by atoms with Crippen molar-refractivity contribution in [3.05, 3.63) is 0 Å². The number of aliphatic carboxylic acids is 1. The predicted molar refractivity (Wildman–Crippen MR) is 77.9 cm³/mol. The van der Waals surface area contributed by atoms with Crippen molar-refractivity contribution in [3.63, 3.8) is 0 Å². The number of likely N-dealkylation sites (N-methyl/N-ethyl adjacent to an activating group) is 1. The molecule has 1 saturated heterocycles. The monoisotopic (exact) mass is 299 g/mol. The van der Waals surface area contributed by atoms with Gasteiger partial charge in [-0.25, -0.2) is 4.79 Å². The molecule has 0 bridgehead atoms. The molecule has 1 fully saturated rings. The maximum Gasteiger partial charge on any atom is 0.320 e. The van der Waals surface area contributed by atoms with E-state index in [0.29, 0.717) is 19.5 Å². The number of carboxylic acid groups (broad SMARTS) is 1. The fourth-order valence-corrected chi connectivity index (χ4v) is 2.35. The summed E-state index contributed by atoms with van der Waals surface area (Å²) < 4.78 is 0. The van der Waals surface area contributed by atoms with Crippen LogP contribution in [0.1, 0.15) is 34.1 Å². The fourth-order valence-electron chi connectivity index (χ4n) is 2.35. The Bertz CT molecular complexity index is 424. The Kier molecular flexibility index (Phi) is 5.57. The Morgan fingerprint density at radius 2 is 2.00 bits per heavy atom. The lowest BCUT2D eigenvalue weighted by Crippen LogP contribution is -2.48. The molecule has 1 unspecified atom stereocenters. The number of hydrogen-bond donors (Lipinski definition) is 2. The zero-order valence-corrected chi connectivity index (χ0v) is 13.2. The Labute approximate surface area is 125 Å². The summed E-state index contributed by atoms with van der Waals surface area (Å²) in [4.78, 5) is 38.3. The normalized spacial score (nSPS) is 21.5. The first-order chi connectivity index (χ1) is 9.69. The lowest BCUT2D eigenvalue weighted by Gasteiger charge is -2.27. The van der Waals surface area contributed by atoms with Crippen LogP contribution in [-0.4, -0.2) is 65.0 Å². The minimum Gasteiger partial charge on any atom is -0.481 e. The molecule has 1 atom stereocenters. The molecule has 0 aromatic carbocycles. The molecular formula is C14H25N3O4. The molecule has 1 aliphatic heterocycles. The molecular weight excluding hydrogens is 274 g/mol. The van der Waals surface area contributed by atoms with Crippen molar-refractivity contribution in [1.82, 2.24) is 15.1 Å². The van der Waals surface area contributed by atoms with E-state index < -0.39 is 11.4 Å². The molecule has 0 aromatic heterocycles. The summed E-state index contributed by atoms with van der Waals surface area (Å²) in [5.41, 5.74) is -0.894. The average Bonchev–Trinajstić information content (AvgIpc) is 2.78. The van der Waals surface area contributed by atoms with Gasteiger partial charge in [0.25, 0.3) is 0 Å². The first kappa shape index (κ1) is 17.3. The summed E-state index contributed by atoms with van der Waals surface area (Å²) in [5.74, 6) is -1.10. The second-order valence-corrected chi connectivity index (χ2v) is 6.06. The Balaban J connectivity index is 2.64. The average molecular weight is 299 g/mol. The number of amides is 3. The number of nitrogens with one attached hydrogen (secondary N) is 1. The first-order valence-electron chi connectivity index (χ1n) is 7.26. The van der Waals surface area contributed by atoms with E-state index in [0.717, 1.165) is 0 Å². The van der Waals surface area contributed by atoms with Gasteiger partial charge in [-0.2, -0.15) is 0 Å². The van der Waals surface area contributed by atoms with Crippen molar-refractivity contribution in [3.8, 4) is 0 Å². The molecule has 0 saturated carbocycles. The van der Waals surface area contributed by atoms with E-state index in [-0.39, 0.29) is 31.1 Å². The van der Waals surface area contributed by atoms with Crippen LogP contribution in [0.25, 0.3) is 0 Å². The van der Waals surface area contributed by atoms with Crippen LogP contribution in [0.3, 0.4) is 0 Å². The highest BCUT2D eigenvalue weighted by Gasteiger charge is 2.43. The van der Waals surface area contributed by atoms with Crippen LogP contribution in [0.4, 0.5) is 4.79 Å². The highest BCUT2D eigenvalue weighted by atomic mass is 16.4. The number of rotatable bonds is 5. The topological polar surface area (TPSA) is 90.0 Å². The van der Waals surface area contributed by atoms with Gasteiger partial charge in [0.05, 0.1) is 5.41 Å². The molecule has 0 spiro atoms. The second kappa shape index (κ2) is 6.78. The summed E-state index contributed by atoms with van der Waals surface area (Å²) >= 11 is 0. The third-order valence-corrected chi connectivity index (χ3v) is 3.70. The number of carboxylic acids is 1. The van der Waals surface area contributed by atoms with Crippen LogP contribution in [0, 0.1) is 5.41 Å². The smallest absolute Gasteiger partial charge is 0.320 e. The van der Waals surface area contributed by atoms with E-state index in [1.807, 2.05) is 13.8 Å². The highest BCUT2D eigenvalue weighted by molar-refractivity contribution is 5.85. The molecule has 7 heteroatoms. The van der Waals surface area contributed by atoms with Gasteiger partial charge >= 0.3 is 12.0 Å². The predicted octanol–water partition coefficient (Wildman–Crippen LogP) is 0.750. The molecule has 1 aliphatic rings. The van der Waals surface area contributed by atoms with E-state index in [4.69, 9.17) is 0 Å². The number of carbonyl (C=O) groups excluding carboxylic acids is 2. The van der Waals surface area contributed by atoms with Crippen molar-refractivity contribution in [2.75, 3.05) is 26.2 Å². The molecule has 120 valence electrons. The maximum atomic E-state index is 12.4. The van der Waals surface area contributed by atoms with E-state index in [1.165, 1.54) is 9.80 Å². The summed E-state index contributed by atoms with van der Waals surface area (Å²) in [7, 11) is 0. The van der Waals surface area contributed by atoms with Crippen LogP contribution in [0.2, 0.25) is 0 Å². The fraction of sp³-hybridized carbons (Fsp3) is 0.786. The standard InChI is InChI=1S/C14H25N3O4/c1-5-16(8-11(18)15-10(2)3)13(21)17-7-6-14(4,9-17)12(19)20/h10H,5-9H2,1-4H3,(H,15,18)(H,19,20). The lowest BCUT2D eigenvalue weighted by atomic mass is 9.90. The third-order valence-electron chi connectivity index (χ3n) is 3.70. The van der Waals surface area contributed by atoms with Gasteiger partial charge in [0.2, 0.25) is 5.91 Å². The molecule has 0 aliphatic carbocycles. The van der Waals surface area contributed by atoms with E-state index in [1.54, 1.807) is 13.8 Å². The lowest BCUT2D eigenvalue weighted by molar-refractivity contribution is -0.147. The Hall–Kier alpha value is -1.79. The van der Waals surface area contributed by atoms with Gasteiger partial charge in [0, 0.05) is 25.7 Å². The highest BCUT2D eigenvalue weighted by Crippen LogP contribution is 2.30. The van der Waals surface area contributed by atoms with Gasteiger partial charge in [0.15, 0.2) is 0 Å². The maximum absolute atomic E-state index is 12.4. The summed E-state index contributed by atoms with van der Waals surface area (Å²) in [5, 5.41) is 11.9. The van der Waals surface area contributed by atoms with Gasteiger partial charge in [-0.15, -0.1) is 0 Å².